The van der Waals surface area contributed by atoms with Gasteiger partial charge in [-0.05, 0) is 44.9 Å². The average molecular weight is 460 g/mol. The van der Waals surface area contributed by atoms with E-state index in [1.165, 1.54) is 16.2 Å². The molecular formula is C24H21N5O3S. The number of amides is 1. The topological polar surface area (TPSA) is 101 Å². The normalized spacial score (nSPS) is 17.9. The van der Waals surface area contributed by atoms with Crippen LogP contribution >= 0.6 is 11.3 Å². The molecule has 0 radical (unpaired) electrons. The lowest BCUT2D eigenvalue weighted by atomic mass is 9.96. The number of pyridine rings is 1. The molecule has 1 fully saturated rings. The van der Waals surface area contributed by atoms with E-state index >= 15 is 0 Å². The molecule has 0 bridgehead atoms. The Bertz CT molecular complexity index is 1470. The molecule has 1 atom stereocenters. The Morgan fingerprint density at radius 3 is 2.39 bits per heavy atom. The summed E-state index contributed by atoms with van der Waals surface area (Å²) >= 11 is 1.22. The van der Waals surface area contributed by atoms with Gasteiger partial charge < -0.3 is 9.51 Å². The molecule has 4 heterocycles. The summed E-state index contributed by atoms with van der Waals surface area (Å²) in [5, 5.41) is 20.5. The highest BCUT2D eigenvalue weighted by Gasteiger charge is 2.48. The molecule has 5 rings (SSSR count). The number of aliphatic hydroxyl groups excluding tert-OH is 1. The van der Waals surface area contributed by atoms with Crippen molar-refractivity contribution in [2.45, 2.75) is 33.7 Å². The van der Waals surface area contributed by atoms with Crippen molar-refractivity contribution < 1.29 is 14.7 Å². The molecule has 8 nitrogen and oxygen atoms in total. The van der Waals surface area contributed by atoms with Gasteiger partial charge in [0, 0.05) is 6.20 Å². The summed E-state index contributed by atoms with van der Waals surface area (Å²) in [4.78, 5) is 32.4. The molecule has 33 heavy (non-hydrogen) atoms. The zero-order chi connectivity index (χ0) is 23.4. The number of hydrogen-bond donors (Lipinski definition) is 1. The molecule has 1 aliphatic heterocycles. The summed E-state index contributed by atoms with van der Waals surface area (Å²) < 4.78 is 1.86. The smallest absolute Gasteiger partial charge is 0.301 e. The van der Waals surface area contributed by atoms with E-state index in [0.29, 0.717) is 27.0 Å². The third-order valence-electron chi connectivity index (χ3n) is 5.87. The van der Waals surface area contributed by atoms with Crippen LogP contribution in [-0.4, -0.2) is 36.4 Å². The van der Waals surface area contributed by atoms with Crippen molar-refractivity contribution in [3.8, 4) is 0 Å². The van der Waals surface area contributed by atoms with E-state index in [2.05, 4.69) is 15.2 Å². The second-order valence-corrected chi connectivity index (χ2v) is 9.27. The van der Waals surface area contributed by atoms with Gasteiger partial charge in [-0.15, -0.1) is 10.2 Å². The number of hydrogen-bond acceptors (Lipinski definition) is 7. The fourth-order valence-electron chi connectivity index (χ4n) is 4.15. The zero-order valence-electron chi connectivity index (χ0n) is 18.5. The zero-order valence-corrected chi connectivity index (χ0v) is 19.3. The number of aryl methyl sites for hydroxylation is 4. The predicted molar refractivity (Wildman–Crippen MR) is 125 cm³/mol. The maximum atomic E-state index is 13.3. The van der Waals surface area contributed by atoms with Crippen LogP contribution in [0.15, 0.2) is 48.2 Å². The number of aromatic nitrogens is 4. The van der Waals surface area contributed by atoms with Gasteiger partial charge in [-0.2, -0.15) is 0 Å². The Labute approximate surface area is 193 Å². The lowest BCUT2D eigenvalue weighted by Gasteiger charge is -2.22. The number of ketones is 1. The van der Waals surface area contributed by atoms with Gasteiger partial charge in [0.1, 0.15) is 16.3 Å². The molecule has 3 aromatic heterocycles. The Hall–Kier alpha value is -3.85. The van der Waals surface area contributed by atoms with E-state index in [4.69, 9.17) is 0 Å². The molecule has 1 unspecified atom stereocenters. The van der Waals surface area contributed by atoms with Crippen molar-refractivity contribution in [2.75, 3.05) is 4.90 Å². The Morgan fingerprint density at radius 2 is 1.76 bits per heavy atom. The Kier molecular flexibility index (Phi) is 4.86. The van der Waals surface area contributed by atoms with Gasteiger partial charge >= 0.3 is 5.91 Å². The molecule has 1 aromatic carbocycles. The fourth-order valence-corrected chi connectivity index (χ4v) is 4.87. The molecule has 1 saturated heterocycles. The minimum absolute atomic E-state index is 0.0131. The first kappa shape index (κ1) is 21.0. The molecule has 4 aromatic rings. The largest absolute Gasteiger partial charge is 0.505 e. The van der Waals surface area contributed by atoms with Crippen molar-refractivity contribution in [3.05, 3.63) is 81.3 Å². The maximum absolute atomic E-state index is 13.3. The SMILES string of the molecule is Cc1ccc(C2/C(=C(\O)c3nc4c(C)cccn4c3C)C(=O)C(=O)N2c2nnc(C)s2)cc1. The first-order chi connectivity index (χ1) is 15.8. The van der Waals surface area contributed by atoms with Crippen LogP contribution in [0.5, 0.6) is 0 Å². The van der Waals surface area contributed by atoms with E-state index in [1.54, 1.807) is 6.92 Å². The minimum atomic E-state index is -0.844. The summed E-state index contributed by atoms with van der Waals surface area (Å²) in [5.41, 5.74) is 4.26. The number of Topliss-reactive ketones (excluding diaryl/α,β-unsaturated/α-hetero) is 1. The number of aliphatic hydroxyl groups is 1. The quantitative estimate of drug-likeness (QED) is 0.282. The van der Waals surface area contributed by atoms with Crippen LogP contribution in [-0.2, 0) is 9.59 Å². The molecule has 0 saturated carbocycles. The average Bonchev–Trinajstić information content (AvgIpc) is 3.44. The number of benzene rings is 1. The molecule has 166 valence electrons. The van der Waals surface area contributed by atoms with E-state index in [9.17, 15) is 14.7 Å². The van der Waals surface area contributed by atoms with Gasteiger partial charge in [0.2, 0.25) is 5.13 Å². The molecule has 1 aliphatic rings. The number of fused-ring (bicyclic) bond motifs is 1. The summed E-state index contributed by atoms with van der Waals surface area (Å²) in [6.07, 6.45) is 1.85. The summed E-state index contributed by atoms with van der Waals surface area (Å²) in [6, 6.07) is 10.5. The first-order valence-electron chi connectivity index (χ1n) is 10.4. The van der Waals surface area contributed by atoms with Crippen molar-refractivity contribution >= 4 is 39.6 Å². The van der Waals surface area contributed by atoms with Crippen molar-refractivity contribution in [1.82, 2.24) is 19.6 Å². The second kappa shape index (κ2) is 7.63. The van der Waals surface area contributed by atoms with Crippen LogP contribution < -0.4 is 4.90 Å². The monoisotopic (exact) mass is 459 g/mol. The van der Waals surface area contributed by atoms with E-state index in [-0.39, 0.29) is 17.0 Å². The number of rotatable bonds is 3. The van der Waals surface area contributed by atoms with Crippen molar-refractivity contribution in [2.24, 2.45) is 0 Å². The summed E-state index contributed by atoms with van der Waals surface area (Å²) in [6.45, 7) is 7.48. The van der Waals surface area contributed by atoms with Crippen LogP contribution in [0.4, 0.5) is 5.13 Å². The van der Waals surface area contributed by atoms with Gasteiger partial charge in [-0.3, -0.25) is 14.5 Å². The molecule has 1 N–H and O–H groups in total. The van der Waals surface area contributed by atoms with Crippen LogP contribution in [0.3, 0.4) is 0 Å². The van der Waals surface area contributed by atoms with Gasteiger partial charge in [0.15, 0.2) is 5.76 Å². The van der Waals surface area contributed by atoms with Gasteiger partial charge in [0.25, 0.3) is 5.78 Å². The third-order valence-corrected chi connectivity index (χ3v) is 6.71. The van der Waals surface area contributed by atoms with Gasteiger partial charge in [0.05, 0.1) is 17.3 Å². The predicted octanol–water partition coefficient (Wildman–Crippen LogP) is 4.05. The Morgan fingerprint density at radius 1 is 1.03 bits per heavy atom. The van der Waals surface area contributed by atoms with Crippen LogP contribution in [0.2, 0.25) is 0 Å². The summed E-state index contributed by atoms with van der Waals surface area (Å²) in [7, 11) is 0. The molecule has 1 amide bonds. The maximum Gasteiger partial charge on any atom is 0.301 e. The van der Waals surface area contributed by atoms with E-state index in [0.717, 1.165) is 11.1 Å². The van der Waals surface area contributed by atoms with Gasteiger partial charge in [-0.1, -0.05) is 47.2 Å². The highest BCUT2D eigenvalue weighted by Crippen LogP contribution is 2.43. The second-order valence-electron chi connectivity index (χ2n) is 8.11. The highest BCUT2D eigenvalue weighted by atomic mass is 32.1. The first-order valence-corrected chi connectivity index (χ1v) is 11.2. The van der Waals surface area contributed by atoms with Crippen molar-refractivity contribution in [1.29, 1.82) is 0 Å². The number of nitrogens with zero attached hydrogens (tertiary/aromatic N) is 5. The standard InChI is InChI=1S/C24H21N5O3S/c1-12-7-9-16(10-8-12)19-17(21(31)23(32)29(19)24-27-26-15(4)33-24)20(30)18-14(3)28-11-5-6-13(2)22(28)25-18/h5-11,19,30H,1-4H3/b20-17+. The van der Waals surface area contributed by atoms with Crippen LogP contribution in [0.1, 0.15) is 39.1 Å². The third kappa shape index (κ3) is 3.23. The number of carbonyl (C=O) groups excluding carboxylic acids is 2. The Balaban J connectivity index is 1.77. The number of imidazole rings is 1. The minimum Gasteiger partial charge on any atom is -0.505 e. The summed E-state index contributed by atoms with van der Waals surface area (Å²) in [5.74, 6) is -1.83. The van der Waals surface area contributed by atoms with Crippen LogP contribution in [0.25, 0.3) is 11.4 Å². The molecule has 0 aliphatic carbocycles. The molecule has 9 heteroatoms. The van der Waals surface area contributed by atoms with Gasteiger partial charge in [-0.25, -0.2) is 4.98 Å². The lowest BCUT2D eigenvalue weighted by Crippen LogP contribution is -2.29. The number of anilines is 1. The lowest BCUT2D eigenvalue weighted by molar-refractivity contribution is -0.132. The fraction of sp³-hybridized carbons (Fsp3) is 0.208. The highest BCUT2D eigenvalue weighted by molar-refractivity contribution is 7.15. The van der Waals surface area contributed by atoms with Crippen molar-refractivity contribution in [3.63, 3.8) is 0 Å². The number of carbonyl (C=O) groups is 2. The molecular weight excluding hydrogens is 438 g/mol. The van der Waals surface area contributed by atoms with E-state index < -0.39 is 17.7 Å². The van der Waals surface area contributed by atoms with E-state index in [1.807, 2.05) is 67.8 Å². The van der Waals surface area contributed by atoms with Crippen LogP contribution in [0, 0.1) is 27.7 Å². The molecule has 0 spiro atoms.